The van der Waals surface area contributed by atoms with Gasteiger partial charge < -0.3 is 88.3 Å². The highest BCUT2D eigenvalue weighted by Crippen LogP contribution is 2.45. The molecule has 2 fully saturated rings. The number of Topliss-reactive ketones (excluding diaryl/α,β-unsaturated/α-hetero) is 1. The number of hydrogen-bond acceptors (Lipinski definition) is 22. The molecule has 4 aromatic rings. The topological polar surface area (TPSA) is 337 Å². The van der Waals surface area contributed by atoms with Crippen LogP contribution in [0.3, 0.4) is 0 Å². The molecule has 3 aromatic carbocycles. The number of ketones is 1. The third-order valence-electron chi connectivity index (χ3n) is 14.7. The lowest BCUT2D eigenvalue weighted by Gasteiger charge is -2.41. The number of aryl methyl sites for hydroxylation is 3. The predicted molar refractivity (Wildman–Crippen MR) is 313 cm³/mol. The quantitative estimate of drug-likeness (QED) is 0.0356. The number of phenolic OH excluding ortho intramolecular Hbond substituents is 2. The number of rotatable bonds is 14. The molecule has 2 saturated heterocycles. The summed E-state index contributed by atoms with van der Waals surface area (Å²) in [5, 5.41) is 89.4. The van der Waals surface area contributed by atoms with Crippen LogP contribution >= 0.6 is 0 Å². The van der Waals surface area contributed by atoms with Gasteiger partial charge in [-0.2, -0.15) is 0 Å². The second-order valence-electron chi connectivity index (χ2n) is 20.7. The van der Waals surface area contributed by atoms with Crippen molar-refractivity contribution in [3.8, 4) is 23.0 Å². The van der Waals surface area contributed by atoms with Crippen molar-refractivity contribution in [3.63, 3.8) is 0 Å². The number of hydrogen-bond donors (Lipinski definition) is 9. The number of benzene rings is 3. The highest BCUT2D eigenvalue weighted by Gasteiger charge is 2.47. The smallest absolute Gasteiger partial charge is 0.337 e. The van der Waals surface area contributed by atoms with Crippen LogP contribution in [0.25, 0.3) is 11.0 Å². The lowest BCUT2D eigenvalue weighted by molar-refractivity contribution is -0.327. The summed E-state index contributed by atoms with van der Waals surface area (Å²) in [7, 11) is 1.20. The Balaban J connectivity index is 0.000000310. The van der Waals surface area contributed by atoms with Crippen LogP contribution in [0.1, 0.15) is 115 Å². The standard InChI is InChI=1S/C20H30O11.C16H18O8.C14H22O.C11H10O2.2CH4/c1-4-6-28-14(22)7-11-10(5-2)19(29-9-12(11)18(26)27-3)31-20-17(25)16(24)15(23)13(8-21)30-20;1-3-8-11(18)7-4-5-9(12(19)15(7)23-8)24-16-14(21)13(20)10(17)6(2)22-16;1-5-10(2)12(4)8-13-7-6-11(3)14(15)9-13;1-7-3-4-9-10(5-7)13-6-8(2)11(9)12;;/h5,9,11,13,15-17,19-21,23-25H,4,6-8H2,1-3H3;3-6,10,13-14,16-17,19-21H,1-2H3;6-7,9-10,12,15H,5,8H2,1-4H3;3-6H,1-2H3;2*1H4/b10-5+;8-3-;;;;/t11-,13?,15?,16?,17?,19-,20?;;;;;/m0...../s1. The molecular formula is C63H88O22. The minimum absolute atomic E-state index is 0. The van der Waals surface area contributed by atoms with E-state index >= 15 is 0 Å². The Labute approximate surface area is 496 Å². The molecule has 0 bridgehead atoms. The number of carbonyl (C=O) groups excluding carboxylic acids is 3. The molecule has 0 saturated carbocycles. The Bertz CT molecular complexity index is 3000. The van der Waals surface area contributed by atoms with E-state index in [2.05, 4.69) is 26.8 Å². The van der Waals surface area contributed by atoms with Gasteiger partial charge >= 0.3 is 11.9 Å². The Kier molecular flexibility index (Phi) is 28.4. The van der Waals surface area contributed by atoms with Gasteiger partial charge in [0.05, 0.1) is 61.9 Å². The van der Waals surface area contributed by atoms with Crippen LogP contribution in [0, 0.1) is 38.5 Å². The fraction of sp³-hybridized carbons (Fsp3) is 0.524. The van der Waals surface area contributed by atoms with E-state index in [1.54, 1.807) is 26.8 Å². The van der Waals surface area contributed by atoms with E-state index in [4.69, 9.17) is 42.3 Å². The van der Waals surface area contributed by atoms with Crippen LogP contribution < -0.4 is 14.9 Å². The van der Waals surface area contributed by atoms with E-state index in [1.165, 1.54) is 50.5 Å². The number of phenols is 2. The third kappa shape index (κ3) is 17.9. The average molecular weight is 1200 g/mol. The molecule has 5 heterocycles. The van der Waals surface area contributed by atoms with Crippen molar-refractivity contribution in [1.29, 1.82) is 0 Å². The summed E-state index contributed by atoms with van der Waals surface area (Å²) >= 11 is 0. The Morgan fingerprint density at radius 1 is 0.788 bits per heavy atom. The van der Waals surface area contributed by atoms with Crippen molar-refractivity contribution in [3.05, 3.63) is 128 Å². The van der Waals surface area contributed by atoms with Gasteiger partial charge in [0.15, 0.2) is 29.0 Å². The van der Waals surface area contributed by atoms with E-state index < -0.39 is 97.9 Å². The molecule has 14 atom stereocenters. The summed E-state index contributed by atoms with van der Waals surface area (Å²) in [5.74, 6) is -0.965. The van der Waals surface area contributed by atoms with E-state index in [0.29, 0.717) is 40.2 Å². The number of ether oxygens (including phenoxy) is 8. The number of carbonyl (C=O) groups is 3. The van der Waals surface area contributed by atoms with Gasteiger partial charge in [-0.1, -0.05) is 73.2 Å². The molecule has 0 amide bonds. The van der Waals surface area contributed by atoms with E-state index in [-0.39, 0.29) is 67.5 Å². The van der Waals surface area contributed by atoms with Crippen molar-refractivity contribution in [2.24, 2.45) is 17.8 Å². The summed E-state index contributed by atoms with van der Waals surface area (Å²) in [6, 6.07) is 14.4. The molecule has 0 spiro atoms. The maximum atomic E-state index is 12.2. The average Bonchev–Trinajstić information content (AvgIpc) is 3.92. The van der Waals surface area contributed by atoms with Crippen LogP contribution in [-0.2, 0) is 44.4 Å². The zero-order valence-electron chi connectivity index (χ0n) is 48.6. The molecule has 1 aromatic heterocycles. The van der Waals surface area contributed by atoms with Gasteiger partial charge in [0.1, 0.15) is 54.1 Å². The van der Waals surface area contributed by atoms with Crippen molar-refractivity contribution < 1.29 is 103 Å². The molecule has 22 nitrogen and oxygen atoms in total. The Morgan fingerprint density at radius 3 is 2.07 bits per heavy atom. The van der Waals surface area contributed by atoms with Crippen LogP contribution in [0.4, 0.5) is 0 Å². The van der Waals surface area contributed by atoms with Crippen molar-refractivity contribution in [1.82, 2.24) is 0 Å². The molecule has 22 heteroatoms. The van der Waals surface area contributed by atoms with Gasteiger partial charge in [-0.3, -0.25) is 14.4 Å². The first kappa shape index (κ1) is 72.6. The third-order valence-corrected chi connectivity index (χ3v) is 14.7. The second kappa shape index (κ2) is 33.3. The molecule has 9 N–H and O–H groups in total. The predicted octanol–water partition coefficient (Wildman–Crippen LogP) is 6.81. The number of fused-ring (bicyclic) bond motifs is 2. The lowest BCUT2D eigenvalue weighted by atomic mass is 9.86. The molecule has 8 rings (SSSR count). The van der Waals surface area contributed by atoms with Crippen LogP contribution in [0.15, 0.2) is 99.3 Å². The number of esters is 2. The van der Waals surface area contributed by atoms with Crippen molar-refractivity contribution in [2.45, 2.75) is 177 Å². The van der Waals surface area contributed by atoms with Gasteiger partial charge in [0.2, 0.25) is 24.1 Å². The molecule has 0 aliphatic carbocycles. The number of methoxy groups -OCH3 is 1. The minimum atomic E-state index is -1.64. The minimum Gasteiger partial charge on any atom is -0.508 e. The molecule has 4 aliphatic heterocycles. The van der Waals surface area contributed by atoms with Crippen molar-refractivity contribution in [2.75, 3.05) is 20.3 Å². The Hall–Kier alpha value is -6.70. The molecular weight excluding hydrogens is 1110 g/mol. The summed E-state index contributed by atoms with van der Waals surface area (Å²) < 4.78 is 47.7. The number of aliphatic hydroxyl groups excluding tert-OH is 7. The van der Waals surface area contributed by atoms with E-state index in [0.717, 1.165) is 29.7 Å². The molecule has 12 unspecified atom stereocenters. The van der Waals surface area contributed by atoms with Gasteiger partial charge in [0.25, 0.3) is 0 Å². The van der Waals surface area contributed by atoms with Gasteiger partial charge in [-0.05, 0) is 119 Å². The SMILES string of the molecule is C.C.C/C=C1/[C@H](OC2OC(CO)C(O)C(O)C2O)OC=C(C(=O)OC)[C@H]1CC(=O)OCCC.C/C=C1\Oc2c(ccc(OC3OC(C)C(O)C(O)C3O)c2O)C1=O.CCC(C)C(C)Cc1ccc(C)c(O)c1.Cc1ccc2c(=O)c(C)coc2c1. The fourth-order valence-electron chi connectivity index (χ4n) is 9.10. The van der Waals surface area contributed by atoms with E-state index in [9.17, 15) is 65.1 Å². The van der Waals surface area contributed by atoms with Gasteiger partial charge in [-0.25, -0.2) is 4.79 Å². The first-order chi connectivity index (χ1) is 39.3. The lowest BCUT2D eigenvalue weighted by Crippen LogP contribution is -2.60. The van der Waals surface area contributed by atoms with Crippen LogP contribution in [0.5, 0.6) is 23.0 Å². The normalized spacial score (nSPS) is 26.5. The maximum absolute atomic E-state index is 12.2. The zero-order chi connectivity index (χ0) is 61.6. The van der Waals surface area contributed by atoms with Crippen LogP contribution in [-0.4, -0.2) is 152 Å². The number of aliphatic hydroxyl groups is 7. The summed E-state index contributed by atoms with van der Waals surface area (Å²) in [4.78, 5) is 48.0. The highest BCUT2D eigenvalue weighted by molar-refractivity contribution is 6.13. The first-order valence-corrected chi connectivity index (χ1v) is 27.5. The summed E-state index contributed by atoms with van der Waals surface area (Å²) in [6.07, 6.45) is -6.53. The number of aromatic hydroxyl groups is 2. The highest BCUT2D eigenvalue weighted by atomic mass is 16.8. The van der Waals surface area contributed by atoms with Crippen molar-refractivity contribution >= 4 is 28.7 Å². The monoisotopic (exact) mass is 1200 g/mol. The zero-order valence-corrected chi connectivity index (χ0v) is 48.6. The molecule has 472 valence electrons. The molecule has 85 heavy (non-hydrogen) atoms. The largest absolute Gasteiger partial charge is 0.508 e. The maximum Gasteiger partial charge on any atom is 0.337 e. The molecule has 4 aliphatic rings. The van der Waals surface area contributed by atoms with Gasteiger partial charge in [-0.15, -0.1) is 0 Å². The first-order valence-electron chi connectivity index (χ1n) is 27.5. The number of allylic oxidation sites excluding steroid dienone is 3. The fourth-order valence-corrected chi connectivity index (χ4v) is 9.10. The summed E-state index contributed by atoms with van der Waals surface area (Å²) in [6.45, 7) is 18.7. The Morgan fingerprint density at radius 2 is 1.46 bits per heavy atom. The molecule has 0 radical (unpaired) electrons. The summed E-state index contributed by atoms with van der Waals surface area (Å²) in [5.41, 5.74) is 5.31. The van der Waals surface area contributed by atoms with E-state index in [1.807, 2.05) is 51.1 Å². The second-order valence-corrected chi connectivity index (χ2v) is 20.7. The van der Waals surface area contributed by atoms with Gasteiger partial charge in [0, 0.05) is 17.1 Å². The van der Waals surface area contributed by atoms with Crippen LogP contribution in [0.2, 0.25) is 0 Å².